The fourth-order valence-electron chi connectivity index (χ4n) is 3.08. The number of rotatable bonds is 0. The molecule has 1 heterocycles. The number of piperidine rings is 3. The van der Waals surface area contributed by atoms with E-state index >= 15 is 0 Å². The molecular weight excluding hydrogens is 98.1 g/mol. The van der Waals surface area contributed by atoms with E-state index < -0.39 is 0 Å². The molecule has 0 radical (unpaired) electrons. The monoisotopic (exact) mass is 109 g/mol. The van der Waals surface area contributed by atoms with Crippen molar-refractivity contribution in [2.75, 3.05) is 0 Å². The highest BCUT2D eigenvalue weighted by atomic mass is 15.2. The second-order valence-electron chi connectivity index (χ2n) is 3.89. The zero-order chi connectivity index (χ0) is 5.35. The molecule has 0 spiro atoms. The van der Waals surface area contributed by atoms with Gasteiger partial charge < -0.3 is 5.32 Å². The smallest absolute Gasteiger partial charge is 0.0204 e. The fourth-order valence-corrected chi connectivity index (χ4v) is 3.08. The van der Waals surface area contributed by atoms with Gasteiger partial charge in [-0.25, -0.2) is 0 Å². The minimum Gasteiger partial charge on any atom is -0.308 e. The van der Waals surface area contributed by atoms with Gasteiger partial charge in [-0.05, 0) is 31.6 Å². The molecular formula is C7H11N. The number of nitrogens with one attached hydrogen (secondary N) is 1. The minimum atomic E-state index is 0.633. The van der Waals surface area contributed by atoms with Gasteiger partial charge in [0, 0.05) is 11.6 Å². The van der Waals surface area contributed by atoms with Crippen LogP contribution in [0.5, 0.6) is 0 Å². The lowest BCUT2D eigenvalue weighted by atomic mass is 9.41. The van der Waals surface area contributed by atoms with E-state index in [-0.39, 0.29) is 0 Å². The molecule has 1 aliphatic heterocycles. The predicted molar refractivity (Wildman–Crippen MR) is 31.5 cm³/mol. The molecule has 0 amide bonds. The Morgan fingerprint density at radius 2 is 2.50 bits per heavy atom. The van der Waals surface area contributed by atoms with Gasteiger partial charge in [-0.1, -0.05) is 0 Å². The van der Waals surface area contributed by atoms with Crippen molar-refractivity contribution in [3.8, 4) is 0 Å². The molecule has 1 nitrogen and oxygen atoms in total. The first-order valence-corrected chi connectivity index (χ1v) is 3.57. The van der Waals surface area contributed by atoms with Crippen molar-refractivity contribution in [1.82, 2.24) is 5.32 Å². The summed E-state index contributed by atoms with van der Waals surface area (Å²) in [6.07, 6.45) is 2.95. The molecule has 3 rings (SSSR count). The lowest BCUT2D eigenvalue weighted by molar-refractivity contribution is -0.193. The SMILES string of the molecule is CC12CC3CC(N1)C32. The zero-order valence-electron chi connectivity index (χ0n) is 5.15. The van der Waals surface area contributed by atoms with Crippen LogP contribution in [0.4, 0.5) is 0 Å². The van der Waals surface area contributed by atoms with Crippen LogP contribution in [-0.2, 0) is 0 Å². The third-order valence-corrected chi connectivity index (χ3v) is 3.44. The van der Waals surface area contributed by atoms with E-state index in [4.69, 9.17) is 0 Å². The van der Waals surface area contributed by atoms with E-state index in [0.29, 0.717) is 5.54 Å². The maximum absolute atomic E-state index is 3.58. The molecule has 1 N–H and O–H groups in total. The van der Waals surface area contributed by atoms with E-state index in [0.717, 1.165) is 17.9 Å². The Balaban J connectivity index is 1.99. The van der Waals surface area contributed by atoms with Crippen molar-refractivity contribution in [1.29, 1.82) is 0 Å². The summed E-state index contributed by atoms with van der Waals surface area (Å²) in [5, 5.41) is 3.58. The van der Waals surface area contributed by atoms with Gasteiger partial charge in [0.2, 0.25) is 0 Å². The summed E-state index contributed by atoms with van der Waals surface area (Å²) in [5.41, 5.74) is 0.633. The average Bonchev–Trinajstić information content (AvgIpc) is 1.63. The van der Waals surface area contributed by atoms with Crippen LogP contribution < -0.4 is 5.32 Å². The Kier molecular flexibility index (Phi) is 0.372. The topological polar surface area (TPSA) is 12.0 Å². The molecule has 1 heteroatoms. The van der Waals surface area contributed by atoms with Crippen LogP contribution in [0.3, 0.4) is 0 Å². The normalized spacial score (nSPS) is 73.9. The zero-order valence-corrected chi connectivity index (χ0v) is 5.15. The van der Waals surface area contributed by atoms with Crippen molar-refractivity contribution in [2.45, 2.75) is 31.3 Å². The standard InChI is InChI=1S/C7H11N/c1-7-3-4-2-5(8-7)6(4)7/h4-6,8H,2-3H2,1H3. The molecule has 0 bridgehead atoms. The van der Waals surface area contributed by atoms with Gasteiger partial charge in [0.25, 0.3) is 0 Å². The summed E-state index contributed by atoms with van der Waals surface area (Å²) in [4.78, 5) is 0. The summed E-state index contributed by atoms with van der Waals surface area (Å²) in [6.45, 7) is 2.36. The summed E-state index contributed by atoms with van der Waals surface area (Å²) in [6, 6.07) is 0.957. The summed E-state index contributed by atoms with van der Waals surface area (Å²) in [5.74, 6) is 2.26. The molecule has 1 saturated heterocycles. The van der Waals surface area contributed by atoms with E-state index in [2.05, 4.69) is 12.2 Å². The third-order valence-electron chi connectivity index (χ3n) is 3.44. The molecule has 0 aromatic carbocycles. The lowest BCUT2D eigenvalue weighted by Crippen LogP contribution is -2.86. The van der Waals surface area contributed by atoms with Gasteiger partial charge >= 0.3 is 0 Å². The summed E-state index contributed by atoms with van der Waals surface area (Å²) >= 11 is 0. The van der Waals surface area contributed by atoms with E-state index in [1.807, 2.05) is 0 Å². The molecule has 3 aliphatic rings. The predicted octanol–water partition coefficient (Wildman–Crippen LogP) is 0.757. The van der Waals surface area contributed by atoms with E-state index in [1.54, 1.807) is 0 Å². The highest BCUT2D eigenvalue weighted by molar-refractivity contribution is 5.25. The maximum Gasteiger partial charge on any atom is 0.0204 e. The Morgan fingerprint density at radius 3 is 2.62 bits per heavy atom. The molecule has 0 aromatic rings. The van der Waals surface area contributed by atoms with Crippen molar-refractivity contribution in [3.05, 3.63) is 0 Å². The van der Waals surface area contributed by atoms with Gasteiger partial charge in [-0.2, -0.15) is 0 Å². The molecule has 44 valence electrons. The molecule has 3 fully saturated rings. The van der Waals surface area contributed by atoms with E-state index in [9.17, 15) is 0 Å². The van der Waals surface area contributed by atoms with Crippen molar-refractivity contribution < 1.29 is 0 Å². The van der Waals surface area contributed by atoms with Crippen LogP contribution >= 0.6 is 0 Å². The van der Waals surface area contributed by atoms with Crippen molar-refractivity contribution in [2.24, 2.45) is 11.8 Å². The molecule has 4 unspecified atom stereocenters. The van der Waals surface area contributed by atoms with Crippen molar-refractivity contribution >= 4 is 0 Å². The maximum atomic E-state index is 3.58. The number of hydrogen-bond acceptors (Lipinski definition) is 1. The van der Waals surface area contributed by atoms with Crippen LogP contribution in [0.1, 0.15) is 19.8 Å². The largest absolute Gasteiger partial charge is 0.308 e. The quantitative estimate of drug-likeness (QED) is 0.484. The fraction of sp³-hybridized carbons (Fsp3) is 1.00. The van der Waals surface area contributed by atoms with Gasteiger partial charge in [-0.3, -0.25) is 0 Å². The second-order valence-corrected chi connectivity index (χ2v) is 3.89. The summed E-state index contributed by atoms with van der Waals surface area (Å²) < 4.78 is 0. The van der Waals surface area contributed by atoms with Crippen LogP contribution in [0.2, 0.25) is 0 Å². The molecule has 8 heavy (non-hydrogen) atoms. The second kappa shape index (κ2) is 0.766. The molecule has 2 saturated carbocycles. The van der Waals surface area contributed by atoms with Crippen molar-refractivity contribution in [3.63, 3.8) is 0 Å². The van der Waals surface area contributed by atoms with Gasteiger partial charge in [-0.15, -0.1) is 0 Å². The van der Waals surface area contributed by atoms with Gasteiger partial charge in [0.15, 0.2) is 0 Å². The average molecular weight is 109 g/mol. The molecule has 0 aromatic heterocycles. The summed E-state index contributed by atoms with van der Waals surface area (Å²) in [7, 11) is 0. The van der Waals surface area contributed by atoms with E-state index in [1.165, 1.54) is 12.8 Å². The molecule has 4 atom stereocenters. The highest BCUT2D eigenvalue weighted by Gasteiger charge is 2.69. The Morgan fingerprint density at radius 1 is 1.62 bits per heavy atom. The molecule has 2 aliphatic carbocycles. The third kappa shape index (κ3) is 0.188. The first kappa shape index (κ1) is 3.89. The number of hydrogen-bond donors (Lipinski definition) is 1. The first-order chi connectivity index (χ1) is 3.80. The Labute approximate surface area is 49.5 Å². The minimum absolute atomic E-state index is 0.633. The van der Waals surface area contributed by atoms with Gasteiger partial charge in [0.05, 0.1) is 0 Å². The van der Waals surface area contributed by atoms with Crippen LogP contribution in [-0.4, -0.2) is 11.6 Å². The lowest BCUT2D eigenvalue weighted by Gasteiger charge is -2.75. The highest BCUT2D eigenvalue weighted by Crippen LogP contribution is 2.63. The Bertz CT molecular complexity index is 140. The first-order valence-electron chi connectivity index (χ1n) is 3.57. The van der Waals surface area contributed by atoms with Gasteiger partial charge in [0.1, 0.15) is 0 Å². The Hall–Kier alpha value is -0.0400. The van der Waals surface area contributed by atoms with Crippen LogP contribution in [0, 0.1) is 11.8 Å². The van der Waals surface area contributed by atoms with Crippen LogP contribution in [0.25, 0.3) is 0 Å². The van der Waals surface area contributed by atoms with Crippen LogP contribution in [0.15, 0.2) is 0 Å².